The Bertz CT molecular complexity index is 429. The number of alkyl halides is 3. The summed E-state index contributed by atoms with van der Waals surface area (Å²) >= 11 is 7.38. The number of esters is 1. The third kappa shape index (κ3) is 3.74. The molecule has 0 bridgehead atoms. The summed E-state index contributed by atoms with van der Waals surface area (Å²) in [5, 5.41) is 0. The molecule has 0 N–H and O–H groups in total. The number of carbonyl (C=O) groups excluding carboxylic acids is 1. The molecular weight excluding hydrogens is 366 g/mol. The van der Waals surface area contributed by atoms with Gasteiger partial charge in [-0.05, 0) is 34.2 Å². The van der Waals surface area contributed by atoms with E-state index < -0.39 is 12.4 Å². The molecule has 0 spiro atoms. The molecule has 1 aromatic heterocycles. The summed E-state index contributed by atoms with van der Waals surface area (Å²) in [6.07, 6.45) is -2.74. The molecule has 0 unspecified atom stereocenters. The smallest absolute Gasteiger partial charge is 0.310 e. The molecule has 7 heteroatoms. The highest BCUT2D eigenvalue weighted by molar-refractivity contribution is 14.1. The van der Waals surface area contributed by atoms with Crippen molar-refractivity contribution < 1.29 is 18.3 Å². The average molecular weight is 376 g/mol. The Kier molecular flexibility index (Phi) is 5.51. The molecule has 0 aliphatic carbocycles. The maximum absolute atomic E-state index is 12.7. The van der Waals surface area contributed by atoms with Gasteiger partial charge in [-0.2, -0.15) is 0 Å². The zero-order chi connectivity index (χ0) is 13.0. The zero-order valence-electron chi connectivity index (χ0n) is 8.84. The summed E-state index contributed by atoms with van der Waals surface area (Å²) in [5.41, 5.74) is 0.604. The van der Waals surface area contributed by atoms with Crippen molar-refractivity contribution in [3.8, 4) is 0 Å². The predicted octanol–water partition coefficient (Wildman–Crippen LogP) is 3.08. The molecule has 0 aromatic carbocycles. The normalized spacial score (nSPS) is 10.7. The second-order valence-electron chi connectivity index (χ2n) is 3.16. The van der Waals surface area contributed by atoms with Crippen LogP contribution in [-0.4, -0.2) is 18.1 Å². The van der Waals surface area contributed by atoms with E-state index in [1.54, 1.807) is 22.6 Å². The number of hydrogen-bond acceptors (Lipinski definition) is 3. The highest BCUT2D eigenvalue weighted by atomic mass is 127. The molecule has 17 heavy (non-hydrogen) atoms. The maximum atomic E-state index is 12.7. The molecule has 0 saturated heterocycles. The van der Waals surface area contributed by atoms with Crippen LogP contribution in [0.2, 0.25) is 0 Å². The van der Waals surface area contributed by atoms with Crippen LogP contribution in [0.25, 0.3) is 0 Å². The molecular formula is C10H9ClF2INO2. The SMILES string of the molecule is COC(=O)Cc1cc(C(F)F)c(I)nc1CCl. The predicted molar refractivity (Wildman–Crippen MR) is 67.2 cm³/mol. The number of ether oxygens (including phenoxy) is 1. The minimum atomic E-state index is -2.63. The van der Waals surface area contributed by atoms with E-state index in [0.29, 0.717) is 11.3 Å². The first-order valence-electron chi connectivity index (χ1n) is 4.58. The Morgan fingerprint density at radius 2 is 2.29 bits per heavy atom. The number of rotatable bonds is 4. The van der Waals surface area contributed by atoms with Gasteiger partial charge in [0.1, 0.15) is 3.70 Å². The second kappa shape index (κ2) is 6.44. The maximum Gasteiger partial charge on any atom is 0.310 e. The molecule has 1 heterocycles. The largest absolute Gasteiger partial charge is 0.469 e. The third-order valence-corrected chi connectivity index (χ3v) is 3.21. The number of nitrogens with zero attached hydrogens (tertiary/aromatic N) is 1. The second-order valence-corrected chi connectivity index (χ2v) is 4.45. The quantitative estimate of drug-likeness (QED) is 0.351. The molecule has 3 nitrogen and oxygen atoms in total. The molecule has 0 fully saturated rings. The van der Waals surface area contributed by atoms with E-state index >= 15 is 0 Å². The van der Waals surface area contributed by atoms with Crippen LogP contribution >= 0.6 is 34.2 Å². The van der Waals surface area contributed by atoms with Crippen molar-refractivity contribution in [2.24, 2.45) is 0 Å². The minimum absolute atomic E-state index is 0.0614. The summed E-state index contributed by atoms with van der Waals surface area (Å²) in [4.78, 5) is 15.1. The van der Waals surface area contributed by atoms with Gasteiger partial charge in [0.25, 0.3) is 6.43 Å². The molecule has 1 rings (SSSR count). The number of carbonyl (C=O) groups is 1. The lowest BCUT2D eigenvalue weighted by molar-refractivity contribution is -0.139. The van der Waals surface area contributed by atoms with Crippen molar-refractivity contribution >= 4 is 40.2 Å². The lowest BCUT2D eigenvalue weighted by Gasteiger charge is -2.10. The highest BCUT2D eigenvalue weighted by Gasteiger charge is 2.18. The van der Waals surface area contributed by atoms with Gasteiger partial charge in [-0.1, -0.05) is 0 Å². The molecule has 0 radical (unpaired) electrons. The van der Waals surface area contributed by atoms with Crippen LogP contribution in [0.5, 0.6) is 0 Å². The molecule has 0 amide bonds. The zero-order valence-corrected chi connectivity index (χ0v) is 11.8. The van der Waals surface area contributed by atoms with Crippen LogP contribution in [0.3, 0.4) is 0 Å². The molecule has 0 saturated carbocycles. The van der Waals surface area contributed by atoms with E-state index in [1.807, 2.05) is 0 Å². The molecule has 0 atom stereocenters. The van der Waals surface area contributed by atoms with Crippen LogP contribution in [0.4, 0.5) is 8.78 Å². The van der Waals surface area contributed by atoms with Gasteiger partial charge in [0, 0.05) is 5.56 Å². The molecule has 94 valence electrons. The Hall–Kier alpha value is -0.500. The van der Waals surface area contributed by atoms with Crippen LogP contribution in [-0.2, 0) is 21.8 Å². The summed E-state index contributed by atoms with van der Waals surface area (Å²) in [6, 6.07) is 1.26. The summed E-state index contributed by atoms with van der Waals surface area (Å²) in [5.74, 6) is -0.453. The van der Waals surface area contributed by atoms with Gasteiger partial charge in [-0.15, -0.1) is 11.6 Å². The number of halogens is 4. The van der Waals surface area contributed by atoms with Gasteiger partial charge < -0.3 is 4.74 Å². The Morgan fingerprint density at radius 3 is 2.76 bits per heavy atom. The van der Waals surface area contributed by atoms with Crippen LogP contribution < -0.4 is 0 Å². The number of methoxy groups -OCH3 is 1. The fraction of sp³-hybridized carbons (Fsp3) is 0.400. The molecule has 1 aromatic rings. The summed E-state index contributed by atoms with van der Waals surface area (Å²) in [6.45, 7) is 0. The van der Waals surface area contributed by atoms with Crippen molar-refractivity contribution in [3.05, 3.63) is 26.6 Å². The van der Waals surface area contributed by atoms with Crippen LogP contribution in [0, 0.1) is 3.70 Å². The Labute approximate surface area is 116 Å². The summed E-state index contributed by atoms with van der Waals surface area (Å²) < 4.78 is 30.0. The van der Waals surface area contributed by atoms with Gasteiger partial charge in [-0.25, -0.2) is 13.8 Å². The first-order valence-corrected chi connectivity index (χ1v) is 6.20. The van der Waals surface area contributed by atoms with E-state index in [0.717, 1.165) is 0 Å². The lowest BCUT2D eigenvalue weighted by Crippen LogP contribution is -2.10. The van der Waals surface area contributed by atoms with Gasteiger partial charge >= 0.3 is 5.97 Å². The monoisotopic (exact) mass is 375 g/mol. The van der Waals surface area contributed by atoms with Gasteiger partial charge in [0.2, 0.25) is 0 Å². The third-order valence-electron chi connectivity index (χ3n) is 2.10. The molecule has 0 aliphatic heterocycles. The van der Waals surface area contributed by atoms with Crippen molar-refractivity contribution in [1.82, 2.24) is 4.98 Å². The Balaban J connectivity index is 3.16. The average Bonchev–Trinajstić information content (AvgIpc) is 2.30. The van der Waals surface area contributed by atoms with Gasteiger partial charge in [0.15, 0.2) is 0 Å². The number of aromatic nitrogens is 1. The Morgan fingerprint density at radius 1 is 1.65 bits per heavy atom. The van der Waals surface area contributed by atoms with Crippen molar-refractivity contribution in [3.63, 3.8) is 0 Å². The van der Waals surface area contributed by atoms with Gasteiger partial charge in [-0.3, -0.25) is 4.79 Å². The number of hydrogen-bond donors (Lipinski definition) is 0. The van der Waals surface area contributed by atoms with E-state index in [9.17, 15) is 13.6 Å². The van der Waals surface area contributed by atoms with E-state index in [1.165, 1.54) is 13.2 Å². The fourth-order valence-electron chi connectivity index (χ4n) is 1.23. The van der Waals surface area contributed by atoms with Crippen molar-refractivity contribution in [2.45, 2.75) is 18.7 Å². The molecule has 0 aliphatic rings. The fourth-order valence-corrected chi connectivity index (χ4v) is 2.15. The lowest BCUT2D eigenvalue weighted by atomic mass is 10.1. The first-order chi connectivity index (χ1) is 7.99. The van der Waals surface area contributed by atoms with E-state index in [2.05, 4.69) is 9.72 Å². The highest BCUT2D eigenvalue weighted by Crippen LogP contribution is 2.26. The topological polar surface area (TPSA) is 39.2 Å². The van der Waals surface area contributed by atoms with Crippen molar-refractivity contribution in [1.29, 1.82) is 0 Å². The van der Waals surface area contributed by atoms with Crippen LogP contribution in [0.1, 0.15) is 23.2 Å². The summed E-state index contributed by atoms with van der Waals surface area (Å²) in [7, 11) is 1.23. The van der Waals surface area contributed by atoms with Crippen LogP contribution in [0.15, 0.2) is 6.07 Å². The van der Waals surface area contributed by atoms with E-state index in [-0.39, 0.29) is 21.6 Å². The number of pyridine rings is 1. The first kappa shape index (κ1) is 14.6. The minimum Gasteiger partial charge on any atom is -0.469 e. The van der Waals surface area contributed by atoms with E-state index in [4.69, 9.17) is 11.6 Å². The standard InChI is InChI=1S/C10H9ClF2INO2/c1-17-8(16)3-5-2-6(9(12)13)10(14)15-7(5)4-11/h2,9H,3-4H2,1H3. The van der Waals surface area contributed by atoms with Crippen molar-refractivity contribution in [2.75, 3.05) is 7.11 Å². The van der Waals surface area contributed by atoms with Gasteiger partial charge in [0.05, 0.1) is 25.1 Å².